The summed E-state index contributed by atoms with van der Waals surface area (Å²) >= 11 is 0. The van der Waals surface area contributed by atoms with Crippen LogP contribution in [0.25, 0.3) is 0 Å². The monoisotopic (exact) mass is 352 g/mol. The molecule has 0 saturated carbocycles. The lowest BCUT2D eigenvalue weighted by Crippen LogP contribution is -2.12. The Balaban J connectivity index is 1.41. The Labute approximate surface area is 153 Å². The summed E-state index contributed by atoms with van der Waals surface area (Å²) in [7, 11) is 0. The third kappa shape index (κ3) is 4.58. The number of carbonyl (C=O) groups excluding carboxylic acids is 1. The molecule has 1 aliphatic carbocycles. The molecule has 0 fully saturated rings. The molecular formula is C22H24O4. The summed E-state index contributed by atoms with van der Waals surface area (Å²) in [6.07, 6.45) is 4.09. The SMILES string of the molecule is O=C(O)c1ccc(C(=O)CCC(O)CCC2Cc3ccccc3C2)cc1. The first-order valence-corrected chi connectivity index (χ1v) is 9.14. The number of aliphatic hydroxyl groups excluding tert-OH is 1. The van der Waals surface area contributed by atoms with E-state index in [1.165, 1.54) is 35.4 Å². The van der Waals surface area contributed by atoms with E-state index in [4.69, 9.17) is 5.11 Å². The summed E-state index contributed by atoms with van der Waals surface area (Å²) in [4.78, 5) is 23.0. The van der Waals surface area contributed by atoms with Crippen LogP contribution < -0.4 is 0 Å². The highest BCUT2D eigenvalue weighted by Crippen LogP contribution is 2.30. The summed E-state index contributed by atoms with van der Waals surface area (Å²) in [6, 6.07) is 14.4. The maximum Gasteiger partial charge on any atom is 0.335 e. The van der Waals surface area contributed by atoms with Crippen molar-refractivity contribution in [2.75, 3.05) is 0 Å². The number of carbonyl (C=O) groups is 2. The van der Waals surface area contributed by atoms with Gasteiger partial charge >= 0.3 is 5.97 Å². The predicted molar refractivity (Wildman–Crippen MR) is 99.5 cm³/mol. The number of aliphatic hydroxyl groups is 1. The van der Waals surface area contributed by atoms with Gasteiger partial charge in [-0.25, -0.2) is 4.79 Å². The molecular weight excluding hydrogens is 328 g/mol. The Morgan fingerprint density at radius 2 is 1.50 bits per heavy atom. The fourth-order valence-electron chi connectivity index (χ4n) is 3.67. The molecule has 0 spiro atoms. The number of Topliss-reactive ketones (excluding diaryl/α,β-unsaturated/α-hetero) is 1. The molecule has 4 nitrogen and oxygen atoms in total. The third-order valence-electron chi connectivity index (χ3n) is 5.20. The van der Waals surface area contributed by atoms with Gasteiger partial charge in [0.25, 0.3) is 0 Å². The normalized spacial score (nSPS) is 14.8. The number of carboxylic acid groups (broad SMARTS) is 1. The molecule has 0 heterocycles. The molecule has 0 aliphatic heterocycles. The average Bonchev–Trinajstić information content (AvgIpc) is 3.07. The van der Waals surface area contributed by atoms with E-state index in [2.05, 4.69) is 24.3 Å². The summed E-state index contributed by atoms with van der Waals surface area (Å²) in [6.45, 7) is 0. The van der Waals surface area contributed by atoms with Crippen LogP contribution in [0.4, 0.5) is 0 Å². The molecule has 2 aromatic carbocycles. The zero-order chi connectivity index (χ0) is 18.5. The number of ketones is 1. The number of benzene rings is 2. The molecule has 26 heavy (non-hydrogen) atoms. The molecule has 2 N–H and O–H groups in total. The summed E-state index contributed by atoms with van der Waals surface area (Å²) < 4.78 is 0. The number of hydrogen-bond donors (Lipinski definition) is 2. The van der Waals surface area contributed by atoms with E-state index in [9.17, 15) is 14.7 Å². The minimum Gasteiger partial charge on any atom is -0.478 e. The van der Waals surface area contributed by atoms with E-state index in [0.717, 1.165) is 19.3 Å². The Bertz CT molecular complexity index is 754. The maximum atomic E-state index is 12.2. The number of fused-ring (bicyclic) bond motifs is 1. The van der Waals surface area contributed by atoms with Crippen LogP contribution in [0.15, 0.2) is 48.5 Å². The van der Waals surface area contributed by atoms with Gasteiger partial charge in [-0.15, -0.1) is 0 Å². The van der Waals surface area contributed by atoms with Gasteiger partial charge in [-0.3, -0.25) is 4.79 Å². The van der Waals surface area contributed by atoms with Crippen LogP contribution in [0, 0.1) is 5.92 Å². The van der Waals surface area contributed by atoms with E-state index >= 15 is 0 Å². The van der Waals surface area contributed by atoms with E-state index in [1.807, 2.05) is 0 Å². The van der Waals surface area contributed by atoms with E-state index in [-0.39, 0.29) is 17.8 Å². The quantitative estimate of drug-likeness (QED) is 0.707. The van der Waals surface area contributed by atoms with Crippen molar-refractivity contribution in [2.45, 2.75) is 44.6 Å². The largest absolute Gasteiger partial charge is 0.478 e. The predicted octanol–water partition coefficient (Wildman–Crippen LogP) is 3.90. The molecule has 0 aromatic heterocycles. The lowest BCUT2D eigenvalue weighted by Gasteiger charge is -2.13. The van der Waals surface area contributed by atoms with Crippen LogP contribution in [0.5, 0.6) is 0 Å². The molecule has 1 unspecified atom stereocenters. The van der Waals surface area contributed by atoms with E-state index in [0.29, 0.717) is 24.3 Å². The third-order valence-corrected chi connectivity index (χ3v) is 5.20. The smallest absolute Gasteiger partial charge is 0.335 e. The minimum atomic E-state index is -1.01. The standard InChI is InChI=1S/C22H24O4/c23-20(10-5-15-13-18-3-1-2-4-19(18)14-15)11-12-21(24)16-6-8-17(9-7-16)22(25)26/h1-4,6-9,15,20,23H,5,10-14H2,(H,25,26). The Morgan fingerprint density at radius 3 is 2.08 bits per heavy atom. The number of carboxylic acids is 1. The molecule has 3 rings (SSSR count). The zero-order valence-electron chi connectivity index (χ0n) is 14.7. The van der Waals surface area contributed by atoms with Crippen molar-refractivity contribution in [1.29, 1.82) is 0 Å². The highest BCUT2D eigenvalue weighted by atomic mass is 16.4. The van der Waals surface area contributed by atoms with Gasteiger partial charge in [0.2, 0.25) is 0 Å². The van der Waals surface area contributed by atoms with Crippen molar-refractivity contribution in [3.63, 3.8) is 0 Å². The molecule has 2 aromatic rings. The molecule has 1 aliphatic rings. The lowest BCUT2D eigenvalue weighted by molar-refractivity contribution is 0.0696. The van der Waals surface area contributed by atoms with Gasteiger partial charge in [-0.1, -0.05) is 36.4 Å². The van der Waals surface area contributed by atoms with Gasteiger partial charge in [0.1, 0.15) is 0 Å². The van der Waals surface area contributed by atoms with Gasteiger partial charge in [-0.2, -0.15) is 0 Å². The summed E-state index contributed by atoms with van der Waals surface area (Å²) in [5.74, 6) is -0.482. The van der Waals surface area contributed by atoms with Crippen molar-refractivity contribution in [3.05, 3.63) is 70.8 Å². The van der Waals surface area contributed by atoms with Crippen molar-refractivity contribution in [3.8, 4) is 0 Å². The molecule has 0 bridgehead atoms. The van der Waals surface area contributed by atoms with Crippen molar-refractivity contribution in [2.24, 2.45) is 5.92 Å². The van der Waals surface area contributed by atoms with Crippen LogP contribution in [0.2, 0.25) is 0 Å². The van der Waals surface area contributed by atoms with E-state index < -0.39 is 12.1 Å². The van der Waals surface area contributed by atoms with Gasteiger partial charge < -0.3 is 10.2 Å². The van der Waals surface area contributed by atoms with Crippen LogP contribution in [0.1, 0.15) is 57.5 Å². The minimum absolute atomic E-state index is 0.0609. The van der Waals surface area contributed by atoms with Crippen molar-refractivity contribution in [1.82, 2.24) is 0 Å². The summed E-state index contributed by atoms with van der Waals surface area (Å²) in [5.41, 5.74) is 3.51. The van der Waals surface area contributed by atoms with Crippen molar-refractivity contribution >= 4 is 11.8 Å². The van der Waals surface area contributed by atoms with E-state index in [1.54, 1.807) is 0 Å². The highest BCUT2D eigenvalue weighted by Gasteiger charge is 2.21. The first-order valence-electron chi connectivity index (χ1n) is 9.14. The maximum absolute atomic E-state index is 12.2. The molecule has 136 valence electrons. The van der Waals surface area contributed by atoms with Gasteiger partial charge in [0.05, 0.1) is 11.7 Å². The van der Waals surface area contributed by atoms with Gasteiger partial charge in [0.15, 0.2) is 5.78 Å². The Kier molecular flexibility index (Phi) is 5.84. The second-order valence-electron chi connectivity index (χ2n) is 7.12. The first-order chi connectivity index (χ1) is 12.5. The average molecular weight is 352 g/mol. The fraction of sp³-hybridized carbons (Fsp3) is 0.364. The summed E-state index contributed by atoms with van der Waals surface area (Å²) in [5, 5.41) is 19.1. The lowest BCUT2D eigenvalue weighted by atomic mass is 9.95. The molecule has 4 heteroatoms. The first kappa shape index (κ1) is 18.3. The second kappa shape index (κ2) is 8.28. The highest BCUT2D eigenvalue weighted by molar-refractivity contribution is 5.97. The van der Waals surface area contributed by atoms with Crippen LogP contribution in [-0.4, -0.2) is 28.1 Å². The van der Waals surface area contributed by atoms with Crippen LogP contribution in [0.3, 0.4) is 0 Å². The number of rotatable bonds is 8. The Hall–Kier alpha value is -2.46. The molecule has 0 saturated heterocycles. The van der Waals surface area contributed by atoms with Gasteiger partial charge in [-0.05, 0) is 61.3 Å². The molecule has 0 radical (unpaired) electrons. The second-order valence-corrected chi connectivity index (χ2v) is 7.12. The van der Waals surface area contributed by atoms with Crippen LogP contribution in [-0.2, 0) is 12.8 Å². The topological polar surface area (TPSA) is 74.6 Å². The van der Waals surface area contributed by atoms with Crippen molar-refractivity contribution < 1.29 is 19.8 Å². The zero-order valence-corrected chi connectivity index (χ0v) is 14.7. The Morgan fingerprint density at radius 1 is 0.923 bits per heavy atom. The number of aromatic carboxylic acids is 1. The van der Waals surface area contributed by atoms with Crippen LogP contribution >= 0.6 is 0 Å². The molecule has 1 atom stereocenters. The number of hydrogen-bond acceptors (Lipinski definition) is 3. The molecule has 0 amide bonds. The van der Waals surface area contributed by atoms with Gasteiger partial charge in [0, 0.05) is 12.0 Å². The fourth-order valence-corrected chi connectivity index (χ4v) is 3.67.